The van der Waals surface area contributed by atoms with Crippen LogP contribution in [0.2, 0.25) is 0 Å². The van der Waals surface area contributed by atoms with E-state index >= 15 is 0 Å². The van der Waals surface area contributed by atoms with Crippen LogP contribution < -0.4 is 4.74 Å². The minimum Gasteiger partial charge on any atom is -0.497 e. The standard InChI is InChI=1S/C22H20N4O3/c1-28-17-8-7-15-10-19(23-18(15)11-17)22(27)26-12-16(13-26)21-24-20(25-29-21)9-14-5-3-2-4-6-14/h2-8,10-11,16,23H,9,12-13H2,1H3. The van der Waals surface area contributed by atoms with Crippen LogP contribution in [0, 0.1) is 0 Å². The average molecular weight is 388 g/mol. The van der Waals surface area contributed by atoms with Gasteiger partial charge >= 0.3 is 0 Å². The van der Waals surface area contributed by atoms with Crippen molar-refractivity contribution in [3.8, 4) is 5.75 Å². The molecule has 0 aliphatic carbocycles. The van der Waals surface area contributed by atoms with Gasteiger partial charge in [0.15, 0.2) is 5.82 Å². The molecule has 1 aliphatic heterocycles. The number of methoxy groups -OCH3 is 1. The number of hydrogen-bond donors (Lipinski definition) is 1. The van der Waals surface area contributed by atoms with Crippen LogP contribution in [-0.2, 0) is 6.42 Å². The predicted molar refractivity (Wildman–Crippen MR) is 107 cm³/mol. The summed E-state index contributed by atoms with van der Waals surface area (Å²) in [6.45, 7) is 1.15. The number of nitrogens with one attached hydrogen (secondary N) is 1. The number of benzene rings is 2. The topological polar surface area (TPSA) is 84.2 Å². The first-order valence-corrected chi connectivity index (χ1v) is 9.52. The summed E-state index contributed by atoms with van der Waals surface area (Å²) < 4.78 is 10.7. The van der Waals surface area contributed by atoms with Crippen molar-refractivity contribution in [1.29, 1.82) is 0 Å². The van der Waals surface area contributed by atoms with E-state index in [-0.39, 0.29) is 11.8 Å². The minimum absolute atomic E-state index is 0.0274. The van der Waals surface area contributed by atoms with E-state index in [0.717, 1.165) is 22.2 Å². The van der Waals surface area contributed by atoms with Crippen LogP contribution in [0.25, 0.3) is 10.9 Å². The molecule has 7 nitrogen and oxygen atoms in total. The van der Waals surface area contributed by atoms with Gasteiger partial charge in [0.1, 0.15) is 11.4 Å². The Balaban J connectivity index is 1.23. The van der Waals surface area contributed by atoms with Crippen molar-refractivity contribution in [1.82, 2.24) is 20.0 Å². The highest BCUT2D eigenvalue weighted by molar-refractivity contribution is 5.98. The minimum atomic E-state index is -0.0274. The Morgan fingerprint density at radius 3 is 2.83 bits per heavy atom. The lowest BCUT2D eigenvalue weighted by Gasteiger charge is -2.36. The van der Waals surface area contributed by atoms with Gasteiger partial charge < -0.3 is 19.1 Å². The SMILES string of the molecule is COc1ccc2cc(C(=O)N3CC(c4nc(Cc5ccccc5)no4)C3)[nH]c2c1. The number of fused-ring (bicyclic) bond motifs is 1. The summed E-state index contributed by atoms with van der Waals surface area (Å²) in [5.41, 5.74) is 2.59. The first-order valence-electron chi connectivity index (χ1n) is 9.52. The number of carbonyl (C=O) groups is 1. The Morgan fingerprint density at radius 2 is 2.03 bits per heavy atom. The zero-order valence-corrected chi connectivity index (χ0v) is 16.0. The summed E-state index contributed by atoms with van der Waals surface area (Å²) in [4.78, 5) is 22.2. The molecule has 1 aliphatic rings. The summed E-state index contributed by atoms with van der Waals surface area (Å²) in [6, 6.07) is 17.6. The normalized spacial score (nSPS) is 14.2. The quantitative estimate of drug-likeness (QED) is 0.567. The van der Waals surface area contributed by atoms with E-state index in [1.54, 1.807) is 12.0 Å². The molecule has 0 saturated carbocycles. The van der Waals surface area contributed by atoms with Crippen LogP contribution in [0.1, 0.15) is 33.7 Å². The van der Waals surface area contributed by atoms with Gasteiger partial charge in [-0.2, -0.15) is 4.98 Å². The van der Waals surface area contributed by atoms with E-state index in [1.165, 1.54) is 0 Å². The lowest BCUT2D eigenvalue weighted by molar-refractivity contribution is 0.0564. The smallest absolute Gasteiger partial charge is 0.270 e. The molecular formula is C22H20N4O3. The van der Waals surface area contributed by atoms with Crippen LogP contribution in [0.3, 0.4) is 0 Å². The third-order valence-electron chi connectivity index (χ3n) is 5.27. The molecule has 0 spiro atoms. The fourth-order valence-electron chi connectivity index (χ4n) is 3.60. The maximum atomic E-state index is 12.8. The third-order valence-corrected chi connectivity index (χ3v) is 5.27. The van der Waals surface area contributed by atoms with Crippen molar-refractivity contribution >= 4 is 16.8 Å². The molecule has 3 heterocycles. The number of H-pyrrole nitrogens is 1. The maximum absolute atomic E-state index is 12.8. The lowest BCUT2D eigenvalue weighted by Crippen LogP contribution is -2.48. The molecule has 0 atom stereocenters. The zero-order chi connectivity index (χ0) is 19.8. The van der Waals surface area contributed by atoms with Gasteiger partial charge in [-0.3, -0.25) is 4.79 Å². The van der Waals surface area contributed by atoms with Crippen molar-refractivity contribution in [2.75, 3.05) is 20.2 Å². The molecule has 1 amide bonds. The molecule has 2 aromatic heterocycles. The first kappa shape index (κ1) is 17.5. The molecule has 5 rings (SSSR count). The molecule has 0 radical (unpaired) electrons. The summed E-state index contributed by atoms with van der Waals surface area (Å²) >= 11 is 0. The summed E-state index contributed by atoms with van der Waals surface area (Å²) in [7, 11) is 1.62. The Labute approximate surface area is 167 Å². The monoisotopic (exact) mass is 388 g/mol. The number of carbonyl (C=O) groups excluding carboxylic acids is 1. The molecule has 29 heavy (non-hydrogen) atoms. The van der Waals surface area contributed by atoms with E-state index in [0.29, 0.717) is 36.9 Å². The van der Waals surface area contributed by atoms with E-state index in [9.17, 15) is 4.79 Å². The van der Waals surface area contributed by atoms with E-state index in [4.69, 9.17) is 9.26 Å². The molecule has 2 aromatic carbocycles. The number of hydrogen-bond acceptors (Lipinski definition) is 5. The highest BCUT2D eigenvalue weighted by Gasteiger charge is 2.36. The second-order valence-corrected chi connectivity index (χ2v) is 7.25. The maximum Gasteiger partial charge on any atom is 0.270 e. The number of aromatic amines is 1. The largest absolute Gasteiger partial charge is 0.497 e. The summed E-state index contributed by atoms with van der Waals surface area (Å²) in [5, 5.41) is 5.06. The fraction of sp³-hybridized carbons (Fsp3) is 0.227. The first-order chi connectivity index (χ1) is 14.2. The number of rotatable bonds is 5. The van der Waals surface area contributed by atoms with Crippen molar-refractivity contribution in [3.05, 3.63) is 77.6 Å². The summed E-state index contributed by atoms with van der Waals surface area (Å²) in [6.07, 6.45) is 0.637. The highest BCUT2D eigenvalue weighted by Crippen LogP contribution is 2.29. The number of amides is 1. The molecule has 0 unspecified atom stereocenters. The molecule has 1 fully saturated rings. The number of ether oxygens (including phenoxy) is 1. The molecule has 0 bridgehead atoms. The Morgan fingerprint density at radius 1 is 1.21 bits per heavy atom. The van der Waals surface area contributed by atoms with Gasteiger partial charge in [-0.1, -0.05) is 35.5 Å². The summed E-state index contributed by atoms with van der Waals surface area (Å²) in [5.74, 6) is 2.08. The van der Waals surface area contributed by atoms with Crippen LogP contribution in [-0.4, -0.2) is 46.1 Å². The van der Waals surface area contributed by atoms with Gasteiger partial charge in [-0.25, -0.2) is 0 Å². The fourth-order valence-corrected chi connectivity index (χ4v) is 3.60. The zero-order valence-electron chi connectivity index (χ0n) is 16.0. The Hall–Kier alpha value is -3.61. The van der Waals surface area contributed by atoms with Gasteiger partial charge in [0, 0.05) is 36.5 Å². The second-order valence-electron chi connectivity index (χ2n) is 7.25. The van der Waals surface area contributed by atoms with Gasteiger partial charge in [-0.15, -0.1) is 0 Å². The van der Waals surface area contributed by atoms with Crippen LogP contribution in [0.5, 0.6) is 5.75 Å². The van der Waals surface area contributed by atoms with Gasteiger partial charge in [0.2, 0.25) is 5.89 Å². The van der Waals surface area contributed by atoms with E-state index in [2.05, 4.69) is 15.1 Å². The molecule has 1 saturated heterocycles. The van der Waals surface area contributed by atoms with Crippen molar-refractivity contribution in [3.63, 3.8) is 0 Å². The third kappa shape index (κ3) is 3.35. The molecule has 4 aromatic rings. The number of nitrogens with zero attached hydrogens (tertiary/aromatic N) is 3. The van der Waals surface area contributed by atoms with Crippen molar-refractivity contribution in [2.45, 2.75) is 12.3 Å². The number of aromatic nitrogens is 3. The van der Waals surface area contributed by atoms with Gasteiger partial charge in [0.05, 0.1) is 13.0 Å². The Kier molecular flexibility index (Phi) is 4.27. The molecule has 146 valence electrons. The predicted octanol–water partition coefficient (Wildman–Crippen LogP) is 3.39. The van der Waals surface area contributed by atoms with Crippen LogP contribution >= 0.6 is 0 Å². The van der Waals surface area contributed by atoms with E-state index in [1.807, 2.05) is 54.6 Å². The van der Waals surface area contributed by atoms with Crippen molar-refractivity contribution in [2.24, 2.45) is 0 Å². The molecule has 1 N–H and O–H groups in total. The molecule has 7 heteroatoms. The van der Waals surface area contributed by atoms with Crippen molar-refractivity contribution < 1.29 is 14.1 Å². The Bertz CT molecular complexity index is 1160. The average Bonchev–Trinajstić information content (AvgIpc) is 3.34. The van der Waals surface area contributed by atoms with Crippen LogP contribution in [0.4, 0.5) is 0 Å². The second kappa shape index (κ2) is 7.09. The van der Waals surface area contributed by atoms with Crippen LogP contribution in [0.15, 0.2) is 59.1 Å². The molecular weight excluding hydrogens is 368 g/mol. The van der Waals surface area contributed by atoms with Gasteiger partial charge in [0.25, 0.3) is 5.91 Å². The van der Waals surface area contributed by atoms with E-state index < -0.39 is 0 Å². The van der Waals surface area contributed by atoms with Gasteiger partial charge in [-0.05, 0) is 23.8 Å². The lowest BCUT2D eigenvalue weighted by atomic mass is 9.99. The number of likely N-dealkylation sites (tertiary alicyclic amines) is 1. The highest BCUT2D eigenvalue weighted by atomic mass is 16.5.